The quantitative estimate of drug-likeness (QED) is 0.293. The third-order valence-corrected chi connectivity index (χ3v) is 8.30. The van der Waals surface area contributed by atoms with E-state index in [1.807, 2.05) is 31.2 Å². The summed E-state index contributed by atoms with van der Waals surface area (Å²) in [4.78, 5) is 29.1. The maximum absolute atomic E-state index is 14.9. The van der Waals surface area contributed by atoms with Gasteiger partial charge in [0.1, 0.15) is 5.82 Å². The molecule has 0 aliphatic carbocycles. The Morgan fingerprint density at radius 3 is 2.35 bits per heavy atom. The Bertz CT molecular complexity index is 1470. The lowest BCUT2D eigenvalue weighted by Crippen LogP contribution is -2.46. The number of rotatable bonds is 6. The molecule has 0 aromatic heterocycles. The van der Waals surface area contributed by atoms with Crippen LogP contribution in [0.5, 0.6) is 0 Å². The molecule has 10 heteroatoms. The number of likely N-dealkylation sites (tertiary alicyclic amines) is 1. The van der Waals surface area contributed by atoms with Gasteiger partial charge in [0.25, 0.3) is 5.91 Å². The molecule has 2 aliphatic heterocycles. The highest BCUT2D eigenvalue weighted by molar-refractivity contribution is 5.98. The van der Waals surface area contributed by atoms with Crippen LogP contribution < -0.4 is 10.6 Å². The van der Waals surface area contributed by atoms with Crippen LogP contribution in [0.1, 0.15) is 64.8 Å². The molecule has 2 N–H and O–H groups in total. The molecule has 228 valence electrons. The molecule has 2 amide bonds. The first-order valence-corrected chi connectivity index (χ1v) is 14.4. The molecule has 0 bridgehead atoms. The fraction of sp³-hybridized carbons (Fsp3) is 0.394. The average molecular weight is 598 g/mol. The molecule has 2 fully saturated rings. The SMILES string of the molecule is Cc1ccc(NC(=O)[C@H]2CCCN(C(=O)c3c(C)cccc3F)[C@H]2c2ccc(NC3CO[C@@H](C)C3)cc2)cc1C(F)(F)F. The van der Waals surface area contributed by atoms with E-state index in [1.165, 1.54) is 36.1 Å². The first-order valence-electron chi connectivity index (χ1n) is 14.4. The second-order valence-corrected chi connectivity index (χ2v) is 11.5. The van der Waals surface area contributed by atoms with Gasteiger partial charge in [0.2, 0.25) is 5.91 Å². The van der Waals surface area contributed by atoms with Crippen molar-refractivity contribution >= 4 is 23.2 Å². The van der Waals surface area contributed by atoms with Crippen molar-refractivity contribution in [3.05, 3.63) is 94.3 Å². The highest BCUT2D eigenvalue weighted by atomic mass is 19.4. The molecule has 43 heavy (non-hydrogen) atoms. The van der Waals surface area contributed by atoms with E-state index in [9.17, 15) is 27.2 Å². The van der Waals surface area contributed by atoms with Crippen molar-refractivity contribution in [3.63, 3.8) is 0 Å². The maximum atomic E-state index is 14.9. The number of alkyl halides is 3. The molecule has 0 radical (unpaired) electrons. The normalized spacial score (nSPS) is 22.3. The van der Waals surface area contributed by atoms with Crippen LogP contribution in [0.15, 0.2) is 60.7 Å². The van der Waals surface area contributed by atoms with E-state index in [2.05, 4.69) is 10.6 Å². The second-order valence-electron chi connectivity index (χ2n) is 11.5. The van der Waals surface area contributed by atoms with Gasteiger partial charge < -0.3 is 20.3 Å². The van der Waals surface area contributed by atoms with Crippen LogP contribution in [0.25, 0.3) is 0 Å². The van der Waals surface area contributed by atoms with E-state index in [-0.39, 0.29) is 29.0 Å². The van der Waals surface area contributed by atoms with Gasteiger partial charge in [0, 0.05) is 17.9 Å². The summed E-state index contributed by atoms with van der Waals surface area (Å²) in [6, 6.07) is 14.9. The third kappa shape index (κ3) is 6.69. The minimum atomic E-state index is -4.57. The number of ether oxygens (including phenoxy) is 1. The largest absolute Gasteiger partial charge is 0.416 e. The van der Waals surface area contributed by atoms with Crippen molar-refractivity contribution in [1.29, 1.82) is 0 Å². The molecule has 3 aromatic carbocycles. The smallest absolute Gasteiger partial charge is 0.380 e. The van der Waals surface area contributed by atoms with Crippen molar-refractivity contribution in [3.8, 4) is 0 Å². The summed E-state index contributed by atoms with van der Waals surface area (Å²) in [5.74, 6) is -2.48. The summed E-state index contributed by atoms with van der Waals surface area (Å²) in [6.07, 6.45) is -2.68. The number of hydrogen-bond acceptors (Lipinski definition) is 4. The van der Waals surface area contributed by atoms with E-state index in [1.54, 1.807) is 13.0 Å². The van der Waals surface area contributed by atoms with Gasteiger partial charge in [0.05, 0.1) is 41.8 Å². The number of halogens is 4. The van der Waals surface area contributed by atoms with E-state index in [4.69, 9.17) is 4.74 Å². The minimum absolute atomic E-state index is 0.0163. The maximum Gasteiger partial charge on any atom is 0.416 e. The molecule has 2 aliphatic rings. The Balaban J connectivity index is 1.47. The zero-order valence-electron chi connectivity index (χ0n) is 24.3. The minimum Gasteiger partial charge on any atom is -0.380 e. The number of nitrogens with one attached hydrogen (secondary N) is 2. The summed E-state index contributed by atoms with van der Waals surface area (Å²) in [5.41, 5.74) is 1.17. The van der Waals surface area contributed by atoms with Gasteiger partial charge in [-0.1, -0.05) is 30.3 Å². The number of nitrogens with zero attached hydrogens (tertiary/aromatic N) is 1. The van der Waals surface area contributed by atoms with E-state index in [0.717, 1.165) is 18.2 Å². The Morgan fingerprint density at radius 1 is 0.977 bits per heavy atom. The number of aryl methyl sites for hydroxylation is 2. The first kappa shape index (κ1) is 30.5. The van der Waals surface area contributed by atoms with Crippen LogP contribution in [-0.2, 0) is 15.7 Å². The van der Waals surface area contributed by atoms with Crippen molar-refractivity contribution in [2.24, 2.45) is 5.92 Å². The topological polar surface area (TPSA) is 70.7 Å². The van der Waals surface area contributed by atoms with Gasteiger partial charge in [-0.15, -0.1) is 0 Å². The monoisotopic (exact) mass is 597 g/mol. The van der Waals surface area contributed by atoms with Crippen molar-refractivity contribution in [2.75, 3.05) is 23.8 Å². The van der Waals surface area contributed by atoms with E-state index >= 15 is 0 Å². The summed E-state index contributed by atoms with van der Waals surface area (Å²) in [7, 11) is 0. The van der Waals surface area contributed by atoms with Crippen LogP contribution in [0.2, 0.25) is 0 Å². The second kappa shape index (κ2) is 12.4. The summed E-state index contributed by atoms with van der Waals surface area (Å²) < 4.78 is 61.2. The Kier molecular flexibility index (Phi) is 8.78. The molecule has 0 saturated carbocycles. The Hall–Kier alpha value is -3.92. The number of amides is 2. The first-order chi connectivity index (χ1) is 20.4. The molecule has 3 aromatic rings. The van der Waals surface area contributed by atoms with Crippen LogP contribution in [0.4, 0.5) is 28.9 Å². The molecule has 2 saturated heterocycles. The lowest BCUT2D eigenvalue weighted by Gasteiger charge is -2.41. The van der Waals surface area contributed by atoms with E-state index < -0.39 is 41.3 Å². The number of piperidine rings is 1. The van der Waals surface area contributed by atoms with Gasteiger partial charge >= 0.3 is 6.18 Å². The van der Waals surface area contributed by atoms with Gasteiger partial charge in [-0.3, -0.25) is 9.59 Å². The highest BCUT2D eigenvalue weighted by Gasteiger charge is 2.41. The Labute approximate surface area is 248 Å². The van der Waals surface area contributed by atoms with E-state index in [0.29, 0.717) is 37.1 Å². The lowest BCUT2D eigenvalue weighted by atomic mass is 9.83. The number of hydrogen-bond donors (Lipinski definition) is 2. The van der Waals surface area contributed by atoms with Crippen molar-refractivity contribution in [1.82, 2.24) is 4.90 Å². The van der Waals surface area contributed by atoms with Crippen molar-refractivity contribution in [2.45, 2.75) is 64.4 Å². The molecular weight excluding hydrogens is 562 g/mol. The predicted octanol–water partition coefficient (Wildman–Crippen LogP) is 7.28. The lowest BCUT2D eigenvalue weighted by molar-refractivity contribution is -0.138. The molecule has 4 atom stereocenters. The summed E-state index contributed by atoms with van der Waals surface area (Å²) in [6.45, 7) is 5.92. The van der Waals surface area contributed by atoms with Crippen LogP contribution in [0.3, 0.4) is 0 Å². The van der Waals surface area contributed by atoms with Gasteiger partial charge in [0.15, 0.2) is 0 Å². The fourth-order valence-electron chi connectivity index (χ4n) is 6.13. The number of carbonyl (C=O) groups is 2. The third-order valence-electron chi connectivity index (χ3n) is 8.30. The summed E-state index contributed by atoms with van der Waals surface area (Å²) >= 11 is 0. The van der Waals surface area contributed by atoms with Crippen LogP contribution in [-0.4, -0.2) is 42.0 Å². The van der Waals surface area contributed by atoms with Crippen molar-refractivity contribution < 1.29 is 31.9 Å². The molecule has 6 nitrogen and oxygen atoms in total. The molecule has 5 rings (SSSR count). The van der Waals surface area contributed by atoms with Gasteiger partial charge in [-0.2, -0.15) is 13.2 Å². The standard InChI is InChI=1S/C33H35F4N3O3/c1-19-9-12-24(17-27(19)33(35,36)37)39-31(41)26-7-5-15-40(32(42)29-20(2)6-4-8-28(29)34)30(26)22-10-13-23(14-11-22)38-25-16-21(3)43-18-25/h4,6,8-14,17,21,25-26,30,38H,5,7,15-16,18H2,1-3H3,(H,39,41)/t21-,25?,26-,30-/m0/s1. The number of anilines is 2. The van der Waals surface area contributed by atoms with Gasteiger partial charge in [-0.25, -0.2) is 4.39 Å². The molecule has 0 spiro atoms. The van der Waals surface area contributed by atoms with Gasteiger partial charge in [-0.05, 0) is 87.1 Å². The number of carbonyl (C=O) groups excluding carboxylic acids is 2. The molecular formula is C33H35F4N3O3. The average Bonchev–Trinajstić information content (AvgIpc) is 3.37. The Morgan fingerprint density at radius 2 is 1.70 bits per heavy atom. The van der Waals surface area contributed by atoms with Crippen LogP contribution in [0, 0.1) is 25.6 Å². The number of benzene rings is 3. The zero-order valence-corrected chi connectivity index (χ0v) is 24.3. The highest BCUT2D eigenvalue weighted by Crippen LogP contribution is 2.40. The fourth-order valence-corrected chi connectivity index (χ4v) is 6.13. The molecule has 2 heterocycles. The zero-order chi connectivity index (χ0) is 30.9. The predicted molar refractivity (Wildman–Crippen MR) is 156 cm³/mol. The molecule has 1 unspecified atom stereocenters. The van der Waals surface area contributed by atoms with Crippen LogP contribution >= 0.6 is 0 Å². The summed E-state index contributed by atoms with van der Waals surface area (Å²) in [5, 5.41) is 6.10.